The largest absolute Gasteiger partial charge is 0.484 e. The second-order valence-corrected chi connectivity index (χ2v) is 8.36. The molecule has 2 rings (SSSR count). The lowest BCUT2D eigenvalue weighted by atomic mass is 10.1. The van der Waals surface area contributed by atoms with Gasteiger partial charge in [0.1, 0.15) is 11.8 Å². The molecule has 0 bridgehead atoms. The number of carbonyl (C=O) groups is 2. The molecule has 0 radical (unpaired) electrons. The summed E-state index contributed by atoms with van der Waals surface area (Å²) >= 11 is 9.51. The SMILES string of the molecule is CCNC(=O)[C@H](CC)N(Cc1ccc(Cl)cc1)C(=O)COc1cc(C)c(Br)c(C)c1. The summed E-state index contributed by atoms with van der Waals surface area (Å²) in [5, 5.41) is 3.44. The third kappa shape index (κ3) is 6.47. The Kier molecular flexibility index (Phi) is 9.18. The van der Waals surface area contributed by atoms with Crippen LogP contribution in [-0.4, -0.2) is 35.9 Å². The Balaban J connectivity index is 2.22. The lowest BCUT2D eigenvalue weighted by Crippen LogP contribution is -2.50. The Morgan fingerprint density at radius 2 is 1.73 bits per heavy atom. The zero-order chi connectivity index (χ0) is 22.3. The lowest BCUT2D eigenvalue weighted by Gasteiger charge is -2.30. The van der Waals surface area contributed by atoms with Crippen LogP contribution in [0.2, 0.25) is 5.02 Å². The number of benzene rings is 2. The topological polar surface area (TPSA) is 58.6 Å². The van der Waals surface area contributed by atoms with E-state index in [0.29, 0.717) is 30.3 Å². The van der Waals surface area contributed by atoms with Crippen LogP contribution in [0.5, 0.6) is 5.75 Å². The molecule has 162 valence electrons. The van der Waals surface area contributed by atoms with E-state index in [0.717, 1.165) is 21.2 Å². The molecule has 0 aliphatic carbocycles. The van der Waals surface area contributed by atoms with Crippen LogP contribution in [0.4, 0.5) is 0 Å². The molecule has 5 nitrogen and oxygen atoms in total. The number of nitrogens with one attached hydrogen (secondary N) is 1. The third-order valence-corrected chi connectivity index (χ3v) is 6.28. The highest BCUT2D eigenvalue weighted by Crippen LogP contribution is 2.26. The van der Waals surface area contributed by atoms with E-state index in [2.05, 4.69) is 21.2 Å². The summed E-state index contributed by atoms with van der Waals surface area (Å²) in [4.78, 5) is 27.3. The standard InChI is InChI=1S/C23H28BrClN2O3/c1-5-20(23(29)26-6-2)27(13-17-7-9-18(25)10-8-17)21(28)14-30-19-11-15(3)22(24)16(4)12-19/h7-12,20H,5-6,13-14H2,1-4H3,(H,26,29)/t20-/m0/s1. The summed E-state index contributed by atoms with van der Waals surface area (Å²) in [7, 11) is 0. The van der Waals surface area contributed by atoms with Crippen LogP contribution >= 0.6 is 27.5 Å². The quantitative estimate of drug-likeness (QED) is 0.530. The molecule has 0 saturated carbocycles. The van der Waals surface area contributed by atoms with E-state index in [1.165, 1.54) is 0 Å². The normalized spacial score (nSPS) is 11.7. The molecule has 1 atom stereocenters. The molecule has 7 heteroatoms. The van der Waals surface area contributed by atoms with Gasteiger partial charge in [-0.2, -0.15) is 0 Å². The molecule has 0 aromatic heterocycles. The zero-order valence-electron chi connectivity index (χ0n) is 17.8. The minimum Gasteiger partial charge on any atom is -0.484 e. The van der Waals surface area contributed by atoms with Crippen LogP contribution in [0.15, 0.2) is 40.9 Å². The number of ether oxygens (including phenoxy) is 1. The van der Waals surface area contributed by atoms with Crippen molar-refractivity contribution in [1.82, 2.24) is 10.2 Å². The fourth-order valence-corrected chi connectivity index (χ4v) is 3.57. The molecule has 0 heterocycles. The van der Waals surface area contributed by atoms with Crippen molar-refractivity contribution in [2.24, 2.45) is 0 Å². The highest BCUT2D eigenvalue weighted by molar-refractivity contribution is 9.10. The third-order valence-electron chi connectivity index (χ3n) is 4.78. The van der Waals surface area contributed by atoms with Gasteiger partial charge in [0, 0.05) is 22.6 Å². The average molecular weight is 496 g/mol. The first-order valence-electron chi connectivity index (χ1n) is 9.97. The summed E-state index contributed by atoms with van der Waals surface area (Å²) in [6.45, 7) is 8.35. The predicted octanol–water partition coefficient (Wildman–Crippen LogP) is 5.04. The van der Waals surface area contributed by atoms with Gasteiger partial charge in [-0.05, 0) is 68.1 Å². The minimum absolute atomic E-state index is 0.149. The summed E-state index contributed by atoms with van der Waals surface area (Å²) in [5.41, 5.74) is 2.96. The molecule has 0 saturated heterocycles. The summed E-state index contributed by atoms with van der Waals surface area (Å²) in [6.07, 6.45) is 0.502. The van der Waals surface area contributed by atoms with Crippen molar-refractivity contribution < 1.29 is 14.3 Å². The van der Waals surface area contributed by atoms with Gasteiger partial charge in [-0.25, -0.2) is 0 Å². The first-order chi connectivity index (χ1) is 14.3. The first kappa shape index (κ1) is 24.2. The maximum atomic E-state index is 13.1. The van der Waals surface area contributed by atoms with E-state index >= 15 is 0 Å². The molecule has 2 aromatic rings. The number of rotatable bonds is 9. The van der Waals surface area contributed by atoms with E-state index in [4.69, 9.17) is 16.3 Å². The van der Waals surface area contributed by atoms with E-state index in [9.17, 15) is 9.59 Å². The van der Waals surface area contributed by atoms with Gasteiger partial charge in [-0.15, -0.1) is 0 Å². The Hall–Kier alpha value is -2.05. The number of hydrogen-bond donors (Lipinski definition) is 1. The molecule has 0 spiro atoms. The van der Waals surface area contributed by atoms with Crippen LogP contribution in [0, 0.1) is 13.8 Å². The molecule has 0 aliphatic rings. The van der Waals surface area contributed by atoms with Gasteiger partial charge in [0.25, 0.3) is 5.91 Å². The highest BCUT2D eigenvalue weighted by Gasteiger charge is 2.28. The van der Waals surface area contributed by atoms with Crippen molar-refractivity contribution in [3.63, 3.8) is 0 Å². The van der Waals surface area contributed by atoms with E-state index in [1.54, 1.807) is 17.0 Å². The fourth-order valence-electron chi connectivity index (χ4n) is 3.22. The van der Waals surface area contributed by atoms with Gasteiger partial charge in [-0.1, -0.05) is 46.6 Å². The van der Waals surface area contributed by atoms with Crippen molar-refractivity contribution in [2.45, 2.75) is 46.7 Å². The molecule has 2 amide bonds. The first-order valence-corrected chi connectivity index (χ1v) is 11.1. The minimum atomic E-state index is -0.579. The zero-order valence-corrected chi connectivity index (χ0v) is 20.1. The molecule has 2 aromatic carbocycles. The number of nitrogens with zero attached hydrogens (tertiary/aromatic N) is 1. The Labute approximate surface area is 191 Å². The molecular weight excluding hydrogens is 468 g/mol. The Morgan fingerprint density at radius 3 is 2.27 bits per heavy atom. The maximum absolute atomic E-state index is 13.1. The van der Waals surface area contributed by atoms with E-state index in [1.807, 2.05) is 52.0 Å². The molecule has 1 N–H and O–H groups in total. The molecule has 0 fully saturated rings. The van der Waals surface area contributed by atoms with Gasteiger partial charge < -0.3 is 15.0 Å². The lowest BCUT2D eigenvalue weighted by molar-refractivity contribution is -0.142. The number of hydrogen-bond acceptors (Lipinski definition) is 3. The fraction of sp³-hybridized carbons (Fsp3) is 0.391. The molecule has 30 heavy (non-hydrogen) atoms. The maximum Gasteiger partial charge on any atom is 0.261 e. The number of amides is 2. The van der Waals surface area contributed by atoms with Gasteiger partial charge in [-0.3, -0.25) is 9.59 Å². The number of likely N-dealkylation sites (N-methyl/N-ethyl adjacent to an activating group) is 1. The number of carbonyl (C=O) groups excluding carboxylic acids is 2. The summed E-state index contributed by atoms with van der Waals surface area (Å²) in [5.74, 6) is 0.206. The van der Waals surface area contributed by atoms with E-state index in [-0.39, 0.29) is 18.4 Å². The van der Waals surface area contributed by atoms with E-state index < -0.39 is 6.04 Å². The van der Waals surface area contributed by atoms with Crippen LogP contribution in [0.25, 0.3) is 0 Å². The second kappa shape index (κ2) is 11.4. The van der Waals surface area contributed by atoms with Gasteiger partial charge >= 0.3 is 0 Å². The molecule has 0 unspecified atom stereocenters. The van der Waals surface area contributed by atoms with Crippen molar-refractivity contribution in [3.8, 4) is 5.75 Å². The average Bonchev–Trinajstić information content (AvgIpc) is 2.71. The van der Waals surface area contributed by atoms with Crippen LogP contribution in [-0.2, 0) is 16.1 Å². The van der Waals surface area contributed by atoms with Gasteiger partial charge in [0.2, 0.25) is 5.91 Å². The Morgan fingerprint density at radius 1 is 1.13 bits per heavy atom. The second-order valence-electron chi connectivity index (χ2n) is 7.13. The molecule has 0 aliphatic heterocycles. The number of aryl methyl sites for hydroxylation is 2. The predicted molar refractivity (Wildman–Crippen MR) is 124 cm³/mol. The van der Waals surface area contributed by atoms with Crippen molar-refractivity contribution >= 4 is 39.3 Å². The smallest absolute Gasteiger partial charge is 0.261 e. The van der Waals surface area contributed by atoms with Crippen molar-refractivity contribution in [3.05, 3.63) is 62.6 Å². The summed E-state index contributed by atoms with van der Waals surface area (Å²) < 4.78 is 6.81. The monoisotopic (exact) mass is 494 g/mol. The van der Waals surface area contributed by atoms with Crippen molar-refractivity contribution in [1.29, 1.82) is 0 Å². The van der Waals surface area contributed by atoms with Crippen LogP contribution in [0.1, 0.15) is 37.0 Å². The van der Waals surface area contributed by atoms with Crippen LogP contribution in [0.3, 0.4) is 0 Å². The van der Waals surface area contributed by atoms with Crippen LogP contribution < -0.4 is 10.1 Å². The van der Waals surface area contributed by atoms with Crippen molar-refractivity contribution in [2.75, 3.05) is 13.2 Å². The highest BCUT2D eigenvalue weighted by atomic mass is 79.9. The van der Waals surface area contributed by atoms with Gasteiger partial charge in [0.15, 0.2) is 6.61 Å². The molecular formula is C23H28BrClN2O3. The summed E-state index contributed by atoms with van der Waals surface area (Å²) in [6, 6.07) is 10.5. The number of halogens is 2. The van der Waals surface area contributed by atoms with Gasteiger partial charge in [0.05, 0.1) is 0 Å². The Bertz CT molecular complexity index is 864.